The number of carboxylic acids is 1. The first-order chi connectivity index (χ1) is 11.2. The Morgan fingerprint density at radius 3 is 2.70 bits per heavy atom. The Morgan fingerprint density at radius 1 is 1.26 bits per heavy atom. The van der Waals surface area contributed by atoms with Gasteiger partial charge in [-0.2, -0.15) is 5.10 Å². The third-order valence-corrected chi connectivity index (χ3v) is 4.21. The van der Waals surface area contributed by atoms with Gasteiger partial charge in [-0.05, 0) is 25.1 Å². The van der Waals surface area contributed by atoms with Gasteiger partial charge in [0.1, 0.15) is 6.04 Å². The van der Waals surface area contributed by atoms with Crippen molar-refractivity contribution in [2.24, 2.45) is 0 Å². The van der Waals surface area contributed by atoms with Crippen molar-refractivity contribution in [3.63, 3.8) is 0 Å². The van der Waals surface area contributed by atoms with E-state index in [0.717, 1.165) is 17.4 Å². The van der Waals surface area contributed by atoms with E-state index in [2.05, 4.69) is 15.3 Å². The molecule has 2 aromatic heterocycles. The van der Waals surface area contributed by atoms with Gasteiger partial charge in [0.2, 0.25) is 0 Å². The van der Waals surface area contributed by atoms with E-state index in [-0.39, 0.29) is 11.8 Å². The lowest BCUT2D eigenvalue weighted by Gasteiger charge is -2.15. The van der Waals surface area contributed by atoms with Crippen molar-refractivity contribution in [3.05, 3.63) is 54.6 Å². The Hall–Kier alpha value is -2.61. The van der Waals surface area contributed by atoms with Crippen LogP contribution in [0.3, 0.4) is 0 Å². The summed E-state index contributed by atoms with van der Waals surface area (Å²) in [6.07, 6.45) is 3.57. The minimum atomic E-state index is -0.890. The average Bonchev–Trinajstić information content (AvgIpc) is 3.22. The highest BCUT2D eigenvalue weighted by Gasteiger charge is 2.21. The van der Waals surface area contributed by atoms with E-state index in [9.17, 15) is 4.79 Å². The Balaban J connectivity index is 2.04. The van der Waals surface area contributed by atoms with Gasteiger partial charge < -0.3 is 5.11 Å². The summed E-state index contributed by atoms with van der Waals surface area (Å²) in [7, 11) is 0. The summed E-state index contributed by atoms with van der Waals surface area (Å²) in [5.41, 5.74) is 0.888. The topological polar surface area (TPSA) is 85.8 Å². The van der Waals surface area contributed by atoms with Crippen molar-refractivity contribution >= 4 is 17.7 Å². The maximum Gasteiger partial charge on any atom is 0.313 e. The molecule has 0 bridgehead atoms. The quantitative estimate of drug-likeness (QED) is 0.698. The summed E-state index contributed by atoms with van der Waals surface area (Å²) in [5, 5.41) is 22.1. The summed E-state index contributed by atoms with van der Waals surface area (Å²) < 4.78 is 3.66. The summed E-state index contributed by atoms with van der Waals surface area (Å²) >= 11 is 1.15. The van der Waals surface area contributed by atoms with E-state index >= 15 is 0 Å². The van der Waals surface area contributed by atoms with Crippen LogP contribution in [0.15, 0.2) is 53.9 Å². The number of hydrogen-bond donors (Lipinski definition) is 1. The zero-order valence-electron chi connectivity index (χ0n) is 12.4. The molecule has 0 fully saturated rings. The second-order valence-electron chi connectivity index (χ2n) is 4.86. The number of para-hydroxylation sites is 1. The van der Waals surface area contributed by atoms with E-state index in [1.807, 2.05) is 54.1 Å². The van der Waals surface area contributed by atoms with Gasteiger partial charge in [-0.1, -0.05) is 30.0 Å². The summed E-state index contributed by atoms with van der Waals surface area (Å²) in [4.78, 5) is 10.9. The molecule has 3 rings (SSSR count). The number of nitrogens with zero attached hydrogens (tertiary/aromatic N) is 5. The zero-order valence-corrected chi connectivity index (χ0v) is 13.2. The fourth-order valence-electron chi connectivity index (χ4n) is 2.22. The SMILES string of the molecule is C[C@@H](c1nnc(SCC(=O)O)n1-c1ccccc1)n1cccn1. The highest BCUT2D eigenvalue weighted by molar-refractivity contribution is 7.99. The monoisotopic (exact) mass is 329 g/mol. The standard InChI is InChI=1S/C15H15N5O2S/c1-11(19-9-5-8-16-19)14-17-18-15(23-10-13(21)22)20(14)12-6-3-2-4-7-12/h2-9,11H,10H2,1H3,(H,21,22)/t11-/m0/s1. The molecule has 0 saturated carbocycles. The molecule has 0 aliphatic rings. The van der Waals surface area contributed by atoms with Gasteiger partial charge in [0.25, 0.3) is 0 Å². The zero-order chi connectivity index (χ0) is 16.2. The van der Waals surface area contributed by atoms with E-state index in [4.69, 9.17) is 5.11 Å². The number of aliphatic carboxylic acids is 1. The molecule has 0 amide bonds. The number of benzene rings is 1. The van der Waals surface area contributed by atoms with Crippen LogP contribution in [0.25, 0.3) is 5.69 Å². The number of hydrogen-bond acceptors (Lipinski definition) is 5. The van der Waals surface area contributed by atoms with Crippen LogP contribution in [-0.2, 0) is 4.79 Å². The molecular weight excluding hydrogens is 314 g/mol. The van der Waals surface area contributed by atoms with Crippen LogP contribution >= 0.6 is 11.8 Å². The second-order valence-corrected chi connectivity index (χ2v) is 5.80. The van der Waals surface area contributed by atoms with Crippen molar-refractivity contribution in [2.75, 3.05) is 5.75 Å². The van der Waals surface area contributed by atoms with Crippen LogP contribution in [0.4, 0.5) is 0 Å². The summed E-state index contributed by atoms with van der Waals surface area (Å²) in [5.74, 6) is -0.256. The predicted octanol–water partition coefficient (Wildman–Crippen LogP) is 2.25. The van der Waals surface area contributed by atoms with Crippen LogP contribution in [-0.4, -0.2) is 41.4 Å². The molecule has 1 atom stereocenters. The number of carboxylic acid groups (broad SMARTS) is 1. The third kappa shape index (κ3) is 3.26. The molecule has 0 aliphatic heterocycles. The average molecular weight is 329 g/mol. The number of aromatic nitrogens is 5. The molecular formula is C15H15N5O2S. The first kappa shape index (κ1) is 15.3. The molecule has 0 saturated heterocycles. The van der Waals surface area contributed by atoms with Crippen LogP contribution in [0.1, 0.15) is 18.8 Å². The van der Waals surface area contributed by atoms with Crippen LogP contribution in [0.2, 0.25) is 0 Å². The first-order valence-corrected chi connectivity index (χ1v) is 8.00. The van der Waals surface area contributed by atoms with Crippen molar-refractivity contribution in [2.45, 2.75) is 18.1 Å². The van der Waals surface area contributed by atoms with Gasteiger partial charge in [-0.15, -0.1) is 10.2 Å². The van der Waals surface area contributed by atoms with Gasteiger partial charge in [0, 0.05) is 18.1 Å². The third-order valence-electron chi connectivity index (χ3n) is 3.29. The van der Waals surface area contributed by atoms with Gasteiger partial charge >= 0.3 is 5.97 Å². The number of carbonyl (C=O) groups is 1. The van der Waals surface area contributed by atoms with Crippen molar-refractivity contribution in [1.29, 1.82) is 0 Å². The molecule has 8 heteroatoms. The molecule has 0 radical (unpaired) electrons. The molecule has 0 unspecified atom stereocenters. The minimum absolute atomic E-state index is 0.0683. The first-order valence-electron chi connectivity index (χ1n) is 7.01. The van der Waals surface area contributed by atoms with E-state index in [1.54, 1.807) is 10.9 Å². The molecule has 7 nitrogen and oxygen atoms in total. The van der Waals surface area contributed by atoms with Crippen molar-refractivity contribution in [1.82, 2.24) is 24.5 Å². The molecule has 2 heterocycles. The lowest BCUT2D eigenvalue weighted by atomic mass is 10.3. The minimum Gasteiger partial charge on any atom is -0.481 e. The molecule has 1 N–H and O–H groups in total. The normalized spacial score (nSPS) is 12.2. The highest BCUT2D eigenvalue weighted by Crippen LogP contribution is 2.26. The Labute approximate surface area is 137 Å². The summed E-state index contributed by atoms with van der Waals surface area (Å²) in [6.45, 7) is 1.97. The van der Waals surface area contributed by atoms with E-state index in [1.165, 1.54) is 0 Å². The largest absolute Gasteiger partial charge is 0.481 e. The number of thioether (sulfide) groups is 1. The lowest BCUT2D eigenvalue weighted by Crippen LogP contribution is -2.14. The van der Waals surface area contributed by atoms with E-state index < -0.39 is 5.97 Å². The molecule has 118 valence electrons. The van der Waals surface area contributed by atoms with Crippen LogP contribution < -0.4 is 0 Å². The predicted molar refractivity (Wildman–Crippen MR) is 85.8 cm³/mol. The Bertz CT molecular complexity index is 786. The van der Waals surface area contributed by atoms with Gasteiger partial charge in [-0.3, -0.25) is 14.0 Å². The van der Waals surface area contributed by atoms with Gasteiger partial charge in [-0.25, -0.2) is 0 Å². The fourth-order valence-corrected chi connectivity index (χ4v) is 2.90. The van der Waals surface area contributed by atoms with Crippen LogP contribution in [0, 0.1) is 0 Å². The lowest BCUT2D eigenvalue weighted by molar-refractivity contribution is -0.133. The Morgan fingerprint density at radius 2 is 2.04 bits per heavy atom. The Kier molecular flexibility index (Phi) is 4.42. The highest BCUT2D eigenvalue weighted by atomic mass is 32.2. The van der Waals surface area contributed by atoms with E-state index in [0.29, 0.717) is 11.0 Å². The van der Waals surface area contributed by atoms with Gasteiger partial charge in [0.15, 0.2) is 11.0 Å². The smallest absolute Gasteiger partial charge is 0.313 e. The van der Waals surface area contributed by atoms with Gasteiger partial charge in [0.05, 0.1) is 5.75 Å². The molecule has 3 aromatic rings. The maximum atomic E-state index is 10.9. The fraction of sp³-hybridized carbons (Fsp3) is 0.200. The van der Waals surface area contributed by atoms with Crippen molar-refractivity contribution in [3.8, 4) is 5.69 Å². The molecule has 0 aliphatic carbocycles. The molecule has 0 spiro atoms. The molecule has 23 heavy (non-hydrogen) atoms. The maximum absolute atomic E-state index is 10.9. The van der Waals surface area contributed by atoms with Crippen LogP contribution in [0.5, 0.6) is 0 Å². The molecule has 1 aromatic carbocycles. The summed E-state index contributed by atoms with van der Waals surface area (Å²) in [6, 6.07) is 11.4. The number of rotatable bonds is 6. The van der Waals surface area contributed by atoms with Crippen molar-refractivity contribution < 1.29 is 9.90 Å². The second kappa shape index (κ2) is 6.66.